The molecule has 1 aromatic heterocycles. The number of ether oxygens (including phenoxy) is 1. The molecule has 2 aromatic rings. The summed E-state index contributed by atoms with van der Waals surface area (Å²) < 4.78 is 5.30. The lowest BCUT2D eigenvalue weighted by Gasteiger charge is -2.23. The number of nitrogens with one attached hydrogen (secondary N) is 1. The van der Waals surface area contributed by atoms with Gasteiger partial charge in [-0.05, 0) is 24.1 Å². The van der Waals surface area contributed by atoms with Gasteiger partial charge in [-0.15, -0.1) is 0 Å². The number of rotatable bonds is 5. The molecule has 2 atom stereocenters. The van der Waals surface area contributed by atoms with Crippen molar-refractivity contribution in [1.82, 2.24) is 20.1 Å². The Kier molecular flexibility index (Phi) is 4.40. The number of methoxy groups -OCH3 is 1. The van der Waals surface area contributed by atoms with E-state index in [1.807, 2.05) is 25.1 Å². The van der Waals surface area contributed by atoms with Crippen molar-refractivity contribution in [2.45, 2.75) is 38.5 Å². The Morgan fingerprint density at radius 3 is 3.05 bits per heavy atom. The average Bonchev–Trinajstić information content (AvgIpc) is 3.14. The quantitative estimate of drug-likeness (QED) is 0.879. The van der Waals surface area contributed by atoms with Crippen LogP contribution in [0.1, 0.15) is 36.6 Å². The number of β-amino-alcohol motifs (C(OH)–C–C–N with tert-alkyl or cyclic N) is 1. The van der Waals surface area contributed by atoms with Crippen LogP contribution in [-0.2, 0) is 13.0 Å². The third-order valence-corrected chi connectivity index (χ3v) is 4.11. The van der Waals surface area contributed by atoms with Gasteiger partial charge in [0, 0.05) is 19.0 Å². The van der Waals surface area contributed by atoms with Gasteiger partial charge in [0.1, 0.15) is 17.4 Å². The summed E-state index contributed by atoms with van der Waals surface area (Å²) in [5, 5.41) is 17.2. The summed E-state index contributed by atoms with van der Waals surface area (Å²) >= 11 is 0. The van der Waals surface area contributed by atoms with Crippen LogP contribution in [0.15, 0.2) is 24.3 Å². The van der Waals surface area contributed by atoms with Crippen LogP contribution in [0.4, 0.5) is 0 Å². The third-order valence-electron chi connectivity index (χ3n) is 4.11. The fraction of sp³-hybridized carbons (Fsp3) is 0.500. The summed E-state index contributed by atoms with van der Waals surface area (Å²) in [5.41, 5.74) is 1.16. The van der Waals surface area contributed by atoms with Crippen LogP contribution in [0.5, 0.6) is 5.75 Å². The summed E-state index contributed by atoms with van der Waals surface area (Å²) in [4.78, 5) is 6.70. The predicted octanol–water partition coefficient (Wildman–Crippen LogP) is 1.68. The number of likely N-dealkylation sites (tertiary alicyclic amines) is 1. The van der Waals surface area contributed by atoms with E-state index >= 15 is 0 Å². The maximum absolute atomic E-state index is 10.1. The molecule has 1 fully saturated rings. The van der Waals surface area contributed by atoms with E-state index in [2.05, 4.69) is 26.1 Å². The van der Waals surface area contributed by atoms with Crippen molar-refractivity contribution < 1.29 is 9.84 Å². The van der Waals surface area contributed by atoms with Gasteiger partial charge in [-0.25, -0.2) is 4.98 Å². The summed E-state index contributed by atoms with van der Waals surface area (Å²) in [6, 6.07) is 8.20. The Hall–Kier alpha value is -1.92. The van der Waals surface area contributed by atoms with Crippen LogP contribution in [0.3, 0.4) is 0 Å². The van der Waals surface area contributed by atoms with E-state index in [1.165, 1.54) is 0 Å². The van der Waals surface area contributed by atoms with Gasteiger partial charge in [0.15, 0.2) is 0 Å². The molecular formula is C16H22N4O2. The molecule has 6 nitrogen and oxygen atoms in total. The maximum Gasteiger partial charge on any atom is 0.150 e. The topological polar surface area (TPSA) is 74.3 Å². The van der Waals surface area contributed by atoms with Crippen molar-refractivity contribution in [2.24, 2.45) is 0 Å². The number of H-pyrrole nitrogens is 1. The van der Waals surface area contributed by atoms with E-state index in [0.29, 0.717) is 13.1 Å². The van der Waals surface area contributed by atoms with Crippen LogP contribution >= 0.6 is 0 Å². The minimum Gasteiger partial charge on any atom is -0.497 e. The highest BCUT2D eigenvalue weighted by molar-refractivity contribution is 5.31. The molecule has 6 heteroatoms. The first-order valence-electron chi connectivity index (χ1n) is 7.65. The molecule has 0 radical (unpaired) electrons. The molecular weight excluding hydrogens is 280 g/mol. The van der Waals surface area contributed by atoms with Crippen molar-refractivity contribution in [2.75, 3.05) is 13.7 Å². The Balaban J connectivity index is 1.79. The van der Waals surface area contributed by atoms with Crippen LogP contribution in [-0.4, -0.2) is 44.9 Å². The van der Waals surface area contributed by atoms with E-state index < -0.39 is 0 Å². The van der Waals surface area contributed by atoms with Gasteiger partial charge in [0.05, 0.1) is 19.8 Å². The molecule has 0 saturated carbocycles. The molecule has 1 aliphatic heterocycles. The smallest absolute Gasteiger partial charge is 0.150 e. The lowest BCUT2D eigenvalue weighted by molar-refractivity contribution is 0.171. The first-order valence-corrected chi connectivity index (χ1v) is 7.65. The Bertz CT molecular complexity index is 628. The van der Waals surface area contributed by atoms with E-state index in [4.69, 9.17) is 4.74 Å². The molecule has 0 aliphatic carbocycles. The van der Waals surface area contributed by atoms with Gasteiger partial charge < -0.3 is 9.84 Å². The number of benzene rings is 1. The fourth-order valence-corrected chi connectivity index (χ4v) is 3.01. The number of aryl methyl sites for hydroxylation is 1. The number of hydrogen-bond acceptors (Lipinski definition) is 5. The second-order valence-electron chi connectivity index (χ2n) is 5.66. The molecule has 0 amide bonds. The SMILES string of the molecule is CCc1n[nH]c(CN2CC(O)CC2c2cccc(OC)c2)n1. The molecule has 118 valence electrons. The number of aromatic nitrogens is 3. The zero-order valence-electron chi connectivity index (χ0n) is 13.0. The van der Waals surface area contributed by atoms with Crippen molar-refractivity contribution >= 4 is 0 Å². The van der Waals surface area contributed by atoms with E-state index in [-0.39, 0.29) is 12.1 Å². The van der Waals surface area contributed by atoms with Crippen LogP contribution in [0.2, 0.25) is 0 Å². The monoisotopic (exact) mass is 302 g/mol. The fourth-order valence-electron chi connectivity index (χ4n) is 3.01. The molecule has 1 aliphatic rings. The summed E-state index contributed by atoms with van der Waals surface area (Å²) in [6.45, 7) is 3.33. The van der Waals surface area contributed by atoms with Crippen LogP contribution < -0.4 is 4.74 Å². The molecule has 2 heterocycles. The molecule has 2 unspecified atom stereocenters. The van der Waals surface area contributed by atoms with Crippen LogP contribution in [0, 0.1) is 0 Å². The summed E-state index contributed by atoms with van der Waals surface area (Å²) in [7, 11) is 1.67. The number of nitrogens with zero attached hydrogens (tertiary/aromatic N) is 3. The molecule has 0 bridgehead atoms. The Morgan fingerprint density at radius 2 is 2.32 bits per heavy atom. The van der Waals surface area contributed by atoms with E-state index in [1.54, 1.807) is 7.11 Å². The van der Waals surface area contributed by atoms with Crippen molar-refractivity contribution in [3.05, 3.63) is 41.5 Å². The number of aliphatic hydroxyl groups is 1. The van der Waals surface area contributed by atoms with E-state index in [0.717, 1.165) is 35.8 Å². The highest BCUT2D eigenvalue weighted by atomic mass is 16.5. The van der Waals surface area contributed by atoms with Gasteiger partial charge in [0.2, 0.25) is 0 Å². The van der Waals surface area contributed by atoms with Gasteiger partial charge in [-0.2, -0.15) is 5.10 Å². The molecule has 1 aromatic carbocycles. The van der Waals surface area contributed by atoms with Gasteiger partial charge in [-0.3, -0.25) is 10.00 Å². The normalized spacial score (nSPS) is 22.1. The maximum atomic E-state index is 10.1. The number of aromatic amines is 1. The first-order chi connectivity index (χ1) is 10.7. The van der Waals surface area contributed by atoms with E-state index in [9.17, 15) is 5.11 Å². The third kappa shape index (κ3) is 3.13. The zero-order chi connectivity index (χ0) is 15.5. The largest absolute Gasteiger partial charge is 0.497 e. The highest BCUT2D eigenvalue weighted by Crippen LogP contribution is 2.34. The Labute approximate surface area is 130 Å². The molecule has 1 saturated heterocycles. The molecule has 3 rings (SSSR count). The summed E-state index contributed by atoms with van der Waals surface area (Å²) in [5.74, 6) is 2.51. The standard InChI is InChI=1S/C16H22N4O2/c1-3-15-17-16(19-18-15)10-20-9-12(21)8-14(20)11-5-4-6-13(7-11)22-2/h4-7,12,14,21H,3,8-10H2,1-2H3,(H,17,18,19). The zero-order valence-corrected chi connectivity index (χ0v) is 13.0. The minimum atomic E-state index is -0.315. The van der Waals surface area contributed by atoms with Gasteiger partial charge >= 0.3 is 0 Å². The van der Waals surface area contributed by atoms with Gasteiger partial charge in [0.25, 0.3) is 0 Å². The average molecular weight is 302 g/mol. The van der Waals surface area contributed by atoms with Crippen molar-refractivity contribution in [3.8, 4) is 5.75 Å². The van der Waals surface area contributed by atoms with Crippen molar-refractivity contribution in [1.29, 1.82) is 0 Å². The Morgan fingerprint density at radius 1 is 1.45 bits per heavy atom. The van der Waals surface area contributed by atoms with Gasteiger partial charge in [-0.1, -0.05) is 19.1 Å². The highest BCUT2D eigenvalue weighted by Gasteiger charge is 2.32. The molecule has 0 spiro atoms. The second kappa shape index (κ2) is 6.46. The number of aliphatic hydroxyl groups excluding tert-OH is 1. The van der Waals surface area contributed by atoms with Crippen molar-refractivity contribution in [3.63, 3.8) is 0 Å². The number of hydrogen-bond donors (Lipinski definition) is 2. The first kappa shape index (κ1) is 15.0. The lowest BCUT2D eigenvalue weighted by Crippen LogP contribution is -2.25. The molecule has 22 heavy (non-hydrogen) atoms. The second-order valence-corrected chi connectivity index (χ2v) is 5.66. The minimum absolute atomic E-state index is 0.167. The molecule has 2 N–H and O–H groups in total. The lowest BCUT2D eigenvalue weighted by atomic mass is 10.0. The summed E-state index contributed by atoms with van der Waals surface area (Å²) in [6.07, 6.45) is 1.23. The van der Waals surface area contributed by atoms with Crippen LogP contribution in [0.25, 0.3) is 0 Å². The predicted molar refractivity (Wildman–Crippen MR) is 82.5 cm³/mol.